The normalized spacial score (nSPS) is 19.5. The molecule has 2 aromatic heterocycles. The minimum Gasteiger partial charge on any atom is -0.465 e. The lowest BCUT2D eigenvalue weighted by Gasteiger charge is -2.30. The number of carbonyl (C=O) groups is 2. The highest BCUT2D eigenvalue weighted by atomic mass is 32.1. The Hall–Kier alpha value is -2.09. The van der Waals surface area contributed by atoms with Crippen molar-refractivity contribution in [3.05, 3.63) is 16.6 Å². The first-order chi connectivity index (χ1) is 13.0. The number of rotatable bonds is 3. The molecule has 2 aromatic rings. The molecule has 4 rings (SSSR count). The summed E-state index contributed by atoms with van der Waals surface area (Å²) in [6.07, 6.45) is 6.58. The molecule has 0 aromatic carbocycles. The highest BCUT2D eigenvalue weighted by Crippen LogP contribution is 2.35. The van der Waals surface area contributed by atoms with Gasteiger partial charge in [-0.2, -0.15) is 5.10 Å². The van der Waals surface area contributed by atoms with Gasteiger partial charge in [0.25, 0.3) is 5.91 Å². The van der Waals surface area contributed by atoms with Crippen molar-refractivity contribution in [2.24, 2.45) is 0 Å². The Labute approximate surface area is 162 Å². The smallest absolute Gasteiger partial charge is 0.407 e. The van der Waals surface area contributed by atoms with Crippen LogP contribution in [-0.2, 0) is 0 Å². The second kappa shape index (κ2) is 7.50. The number of hydrogen-bond acceptors (Lipinski definition) is 4. The molecule has 0 bridgehead atoms. The summed E-state index contributed by atoms with van der Waals surface area (Å²) in [5, 5.41) is 17.9. The Kier molecular flexibility index (Phi) is 5.08. The molecule has 2 aliphatic rings. The van der Waals surface area contributed by atoms with E-state index in [9.17, 15) is 9.59 Å². The zero-order valence-electron chi connectivity index (χ0n) is 15.6. The van der Waals surface area contributed by atoms with Crippen molar-refractivity contribution in [1.29, 1.82) is 0 Å². The molecular weight excluding hydrogens is 364 g/mol. The molecule has 0 atom stereocenters. The van der Waals surface area contributed by atoms with E-state index >= 15 is 0 Å². The fourth-order valence-electron chi connectivity index (χ4n) is 4.23. The van der Waals surface area contributed by atoms with E-state index in [-0.39, 0.29) is 11.9 Å². The number of nitrogens with one attached hydrogen (secondary N) is 1. The fourth-order valence-corrected chi connectivity index (χ4v) is 5.37. The van der Waals surface area contributed by atoms with Crippen LogP contribution >= 0.6 is 11.3 Å². The van der Waals surface area contributed by atoms with Gasteiger partial charge in [0.1, 0.15) is 4.83 Å². The number of carbonyl (C=O) groups excluding carboxylic acids is 1. The lowest BCUT2D eigenvalue weighted by Crippen LogP contribution is -2.46. The third-order valence-electron chi connectivity index (χ3n) is 5.81. The van der Waals surface area contributed by atoms with Gasteiger partial charge in [0.15, 0.2) is 0 Å². The average Bonchev–Trinajstić information content (AvgIpc) is 3.24. The summed E-state index contributed by atoms with van der Waals surface area (Å²) in [6, 6.07) is 2.45. The second-order valence-corrected chi connectivity index (χ2v) is 8.70. The summed E-state index contributed by atoms with van der Waals surface area (Å²) in [5.74, 6) is -0.0560. The molecule has 2 amide bonds. The van der Waals surface area contributed by atoms with Crippen molar-refractivity contribution in [2.45, 2.75) is 64.0 Å². The maximum atomic E-state index is 12.7. The number of nitrogens with zero attached hydrogens (tertiary/aromatic N) is 3. The van der Waals surface area contributed by atoms with E-state index in [0.717, 1.165) is 33.6 Å². The summed E-state index contributed by atoms with van der Waals surface area (Å²) >= 11 is 1.52. The summed E-state index contributed by atoms with van der Waals surface area (Å²) < 4.78 is 2.15. The first-order valence-electron chi connectivity index (χ1n) is 9.80. The molecule has 1 saturated heterocycles. The zero-order chi connectivity index (χ0) is 19.0. The minimum atomic E-state index is -0.882. The molecule has 8 heteroatoms. The molecule has 3 heterocycles. The van der Waals surface area contributed by atoms with Crippen LogP contribution in [0.2, 0.25) is 0 Å². The Morgan fingerprint density at radius 3 is 2.56 bits per heavy atom. The molecule has 2 fully saturated rings. The number of aryl methyl sites for hydroxylation is 1. The first kappa shape index (κ1) is 18.3. The molecular formula is C19H26N4O3S. The molecule has 1 aliphatic carbocycles. The van der Waals surface area contributed by atoms with Gasteiger partial charge < -0.3 is 15.3 Å². The van der Waals surface area contributed by atoms with Crippen LogP contribution in [0, 0.1) is 6.92 Å². The van der Waals surface area contributed by atoms with Crippen molar-refractivity contribution in [1.82, 2.24) is 20.0 Å². The third kappa shape index (κ3) is 3.67. The number of hydrogen-bond donors (Lipinski definition) is 2. The number of fused-ring (bicyclic) bond motifs is 1. The molecule has 1 saturated carbocycles. The van der Waals surface area contributed by atoms with E-state index in [1.54, 1.807) is 0 Å². The van der Waals surface area contributed by atoms with Crippen molar-refractivity contribution in [3.63, 3.8) is 0 Å². The van der Waals surface area contributed by atoms with Crippen LogP contribution in [-0.4, -0.2) is 50.9 Å². The first-order valence-corrected chi connectivity index (χ1v) is 10.6. The second-order valence-electron chi connectivity index (χ2n) is 7.67. The predicted molar refractivity (Wildman–Crippen MR) is 105 cm³/mol. The van der Waals surface area contributed by atoms with Crippen LogP contribution in [0.25, 0.3) is 10.2 Å². The number of likely N-dealkylation sites (tertiary alicyclic amines) is 1. The third-order valence-corrected chi connectivity index (χ3v) is 6.94. The van der Waals surface area contributed by atoms with Crippen molar-refractivity contribution < 1.29 is 14.7 Å². The highest BCUT2D eigenvalue weighted by molar-refractivity contribution is 7.20. The Bertz CT molecular complexity index is 845. The molecule has 2 N–H and O–H groups in total. The van der Waals surface area contributed by atoms with E-state index < -0.39 is 6.09 Å². The van der Waals surface area contributed by atoms with E-state index in [0.29, 0.717) is 32.0 Å². The van der Waals surface area contributed by atoms with Crippen molar-refractivity contribution in [3.8, 4) is 0 Å². The van der Waals surface area contributed by atoms with Gasteiger partial charge in [-0.05, 0) is 38.7 Å². The van der Waals surface area contributed by atoms with Crippen LogP contribution < -0.4 is 5.32 Å². The Balaban J connectivity index is 1.47. The topological polar surface area (TPSA) is 87.5 Å². The maximum Gasteiger partial charge on any atom is 0.407 e. The van der Waals surface area contributed by atoms with Crippen LogP contribution in [0.4, 0.5) is 4.79 Å². The quantitative estimate of drug-likeness (QED) is 0.835. The van der Waals surface area contributed by atoms with E-state index in [2.05, 4.69) is 10.00 Å². The summed E-state index contributed by atoms with van der Waals surface area (Å²) in [4.78, 5) is 27.0. The monoisotopic (exact) mass is 390 g/mol. The number of amides is 2. The van der Waals surface area contributed by atoms with E-state index in [1.807, 2.05) is 13.0 Å². The van der Waals surface area contributed by atoms with Crippen LogP contribution in [0.1, 0.15) is 66.4 Å². The van der Waals surface area contributed by atoms with Gasteiger partial charge in [0.05, 0.1) is 16.6 Å². The van der Waals surface area contributed by atoms with Gasteiger partial charge >= 0.3 is 6.09 Å². The van der Waals surface area contributed by atoms with Gasteiger partial charge in [-0.25, -0.2) is 4.79 Å². The van der Waals surface area contributed by atoms with E-state index in [1.165, 1.54) is 35.5 Å². The van der Waals surface area contributed by atoms with Crippen LogP contribution in [0.5, 0.6) is 0 Å². The van der Waals surface area contributed by atoms with Crippen LogP contribution in [0.15, 0.2) is 6.07 Å². The number of thiophene rings is 1. The zero-order valence-corrected chi connectivity index (χ0v) is 16.4. The summed E-state index contributed by atoms with van der Waals surface area (Å²) in [5.41, 5.74) is 0.987. The molecule has 0 spiro atoms. The average molecular weight is 391 g/mol. The van der Waals surface area contributed by atoms with Gasteiger partial charge in [0.2, 0.25) is 0 Å². The lowest BCUT2D eigenvalue weighted by atomic mass is 9.96. The standard InChI is InChI=1S/C19H26N4O3S/c1-12-15-11-16(17(24)20-13-7-9-22(10-8-13)19(25)26)27-18(15)23(21-12)14-5-3-2-4-6-14/h11,13-14H,2-10H2,1H3,(H,20,24)(H,25,26). The van der Waals surface area contributed by atoms with Crippen molar-refractivity contribution >= 4 is 33.6 Å². The molecule has 0 unspecified atom stereocenters. The largest absolute Gasteiger partial charge is 0.465 e. The number of aromatic nitrogens is 2. The number of piperidine rings is 1. The Morgan fingerprint density at radius 2 is 1.89 bits per heavy atom. The van der Waals surface area contributed by atoms with Gasteiger partial charge in [0, 0.05) is 24.5 Å². The number of carboxylic acid groups (broad SMARTS) is 1. The minimum absolute atomic E-state index is 0.0363. The predicted octanol–water partition coefficient (Wildman–Crippen LogP) is 3.78. The molecule has 27 heavy (non-hydrogen) atoms. The SMILES string of the molecule is Cc1nn(C2CCCCC2)c2sc(C(=O)NC3CCN(C(=O)O)CC3)cc12. The summed E-state index contributed by atoms with van der Waals surface area (Å²) in [6.45, 7) is 2.96. The lowest BCUT2D eigenvalue weighted by molar-refractivity contribution is 0.0911. The molecule has 7 nitrogen and oxygen atoms in total. The van der Waals surface area contributed by atoms with Gasteiger partial charge in [-0.1, -0.05) is 19.3 Å². The Morgan fingerprint density at radius 1 is 1.19 bits per heavy atom. The van der Waals surface area contributed by atoms with E-state index in [4.69, 9.17) is 10.2 Å². The fraction of sp³-hybridized carbons (Fsp3) is 0.632. The van der Waals surface area contributed by atoms with Crippen molar-refractivity contribution in [2.75, 3.05) is 13.1 Å². The maximum absolute atomic E-state index is 12.7. The highest BCUT2D eigenvalue weighted by Gasteiger charge is 2.26. The molecule has 1 aliphatic heterocycles. The molecule has 0 radical (unpaired) electrons. The van der Waals surface area contributed by atoms with Crippen LogP contribution in [0.3, 0.4) is 0 Å². The van der Waals surface area contributed by atoms with Gasteiger partial charge in [-0.3, -0.25) is 9.48 Å². The van der Waals surface area contributed by atoms with Gasteiger partial charge in [-0.15, -0.1) is 11.3 Å². The molecule has 146 valence electrons. The summed E-state index contributed by atoms with van der Waals surface area (Å²) in [7, 11) is 0.